The van der Waals surface area contributed by atoms with Gasteiger partial charge in [0.25, 0.3) is 5.16 Å². The van der Waals surface area contributed by atoms with Crippen LogP contribution in [-0.4, -0.2) is 29.7 Å². The molecule has 2 aromatic carbocycles. The average molecular weight is 438 g/mol. The van der Waals surface area contributed by atoms with Crippen molar-refractivity contribution in [3.05, 3.63) is 58.0 Å². The Morgan fingerprint density at radius 3 is 1.93 bits per heavy atom. The van der Waals surface area contributed by atoms with Crippen LogP contribution in [0, 0.1) is 17.5 Å². The lowest BCUT2D eigenvalue weighted by atomic mass is 10.2. The first-order chi connectivity index (χ1) is 13.6. The largest absolute Gasteiger partial charge is 0.496 e. The molecule has 2 rings (SSSR count). The highest BCUT2D eigenvalue weighted by Gasteiger charge is 2.30. The van der Waals surface area contributed by atoms with Crippen LogP contribution in [-0.2, 0) is 15.6 Å². The van der Waals surface area contributed by atoms with Crippen molar-refractivity contribution in [1.82, 2.24) is 0 Å². The van der Waals surface area contributed by atoms with Crippen LogP contribution >= 0.6 is 0 Å². The molecule has 0 spiro atoms. The number of halogens is 5. The first-order valence-electron chi connectivity index (χ1n) is 7.78. The minimum atomic E-state index is -5.03. The Morgan fingerprint density at radius 1 is 0.897 bits per heavy atom. The van der Waals surface area contributed by atoms with Gasteiger partial charge in [0.05, 0.1) is 38.2 Å². The Balaban J connectivity index is 2.57. The molecule has 0 aliphatic heterocycles. The van der Waals surface area contributed by atoms with Crippen LogP contribution in [0.25, 0.3) is 5.83 Å². The van der Waals surface area contributed by atoms with Crippen molar-refractivity contribution in [2.45, 2.75) is 5.75 Å². The Labute approximate surface area is 163 Å². The minimum absolute atomic E-state index is 0.0583. The molecule has 29 heavy (non-hydrogen) atoms. The zero-order chi connectivity index (χ0) is 21.9. The van der Waals surface area contributed by atoms with Crippen molar-refractivity contribution >= 4 is 15.7 Å². The van der Waals surface area contributed by atoms with Gasteiger partial charge in [-0.2, -0.15) is 4.39 Å². The maximum absolute atomic E-state index is 14.4. The van der Waals surface area contributed by atoms with Gasteiger partial charge in [-0.3, -0.25) is 0 Å². The Morgan fingerprint density at radius 2 is 1.45 bits per heavy atom. The van der Waals surface area contributed by atoms with Gasteiger partial charge in [-0.15, -0.1) is 0 Å². The summed E-state index contributed by atoms with van der Waals surface area (Å²) in [4.78, 5) is 0. The third kappa shape index (κ3) is 4.44. The SMILES string of the molecule is COc1cc(OC)c(CS(=O)(=O)C(F)=C(F)c2ccc(F)c(F)c2F)c(OC)c1. The highest BCUT2D eigenvalue weighted by molar-refractivity contribution is 7.94. The van der Waals surface area contributed by atoms with Crippen LogP contribution in [0.5, 0.6) is 17.2 Å². The number of rotatable bonds is 7. The van der Waals surface area contributed by atoms with Crippen LogP contribution in [0.3, 0.4) is 0 Å². The number of benzene rings is 2. The second kappa shape index (κ2) is 8.68. The molecule has 0 saturated heterocycles. The van der Waals surface area contributed by atoms with Crippen LogP contribution < -0.4 is 14.2 Å². The van der Waals surface area contributed by atoms with Crippen molar-refractivity contribution < 1.29 is 44.6 Å². The van der Waals surface area contributed by atoms with Gasteiger partial charge >= 0.3 is 0 Å². The minimum Gasteiger partial charge on any atom is -0.496 e. The van der Waals surface area contributed by atoms with Crippen molar-refractivity contribution in [2.75, 3.05) is 21.3 Å². The fourth-order valence-corrected chi connectivity index (χ4v) is 3.59. The highest BCUT2D eigenvalue weighted by Crippen LogP contribution is 2.38. The number of hydrogen-bond donors (Lipinski definition) is 0. The van der Waals surface area contributed by atoms with Crippen LogP contribution in [0.2, 0.25) is 0 Å². The molecule has 0 bridgehead atoms. The molecular weight excluding hydrogens is 423 g/mol. The maximum atomic E-state index is 14.4. The Kier molecular flexibility index (Phi) is 6.73. The fraction of sp³-hybridized carbons (Fsp3) is 0.222. The van der Waals surface area contributed by atoms with Gasteiger partial charge < -0.3 is 14.2 Å². The van der Waals surface area contributed by atoms with Crippen molar-refractivity contribution in [3.8, 4) is 17.2 Å². The zero-order valence-electron chi connectivity index (χ0n) is 15.4. The standard InChI is InChI=1S/C18H15F5O5S/c1-26-9-6-13(27-2)11(14(7-9)28-3)8-29(24,25)18(23)16(21)10-4-5-12(19)17(22)15(10)20/h4-7H,8H2,1-3H3. The molecule has 158 valence electrons. The Bertz CT molecular complexity index is 1040. The summed E-state index contributed by atoms with van der Waals surface area (Å²) in [6, 6.07) is 3.30. The molecule has 0 aromatic heterocycles. The monoisotopic (exact) mass is 438 g/mol. The maximum Gasteiger partial charge on any atom is 0.251 e. The normalized spacial score (nSPS) is 12.4. The van der Waals surface area contributed by atoms with Gasteiger partial charge in [-0.05, 0) is 12.1 Å². The van der Waals surface area contributed by atoms with Crippen molar-refractivity contribution in [2.24, 2.45) is 0 Å². The van der Waals surface area contributed by atoms with E-state index in [1.165, 1.54) is 33.5 Å². The van der Waals surface area contributed by atoms with E-state index in [1.54, 1.807) is 0 Å². The van der Waals surface area contributed by atoms with Crippen LogP contribution in [0.4, 0.5) is 22.0 Å². The zero-order valence-corrected chi connectivity index (χ0v) is 16.2. The van der Waals surface area contributed by atoms with E-state index in [0.717, 1.165) is 0 Å². The summed E-state index contributed by atoms with van der Waals surface area (Å²) in [5.74, 6) is -8.98. The lowest BCUT2D eigenvalue weighted by molar-refractivity contribution is 0.370. The molecule has 0 aliphatic carbocycles. The number of methoxy groups -OCH3 is 3. The second-order valence-electron chi connectivity index (χ2n) is 5.58. The van der Waals surface area contributed by atoms with E-state index < -0.39 is 49.6 Å². The van der Waals surface area contributed by atoms with E-state index >= 15 is 0 Å². The summed E-state index contributed by atoms with van der Waals surface area (Å²) in [6.07, 6.45) is 0. The van der Waals surface area contributed by atoms with E-state index in [1.807, 2.05) is 0 Å². The van der Waals surface area contributed by atoms with E-state index in [9.17, 15) is 30.4 Å². The van der Waals surface area contributed by atoms with Crippen LogP contribution in [0.1, 0.15) is 11.1 Å². The summed E-state index contributed by atoms with van der Waals surface area (Å²) in [5, 5.41) is -2.36. The smallest absolute Gasteiger partial charge is 0.251 e. The topological polar surface area (TPSA) is 61.8 Å². The molecule has 5 nitrogen and oxygen atoms in total. The highest BCUT2D eigenvalue weighted by atomic mass is 32.2. The summed E-state index contributed by atoms with van der Waals surface area (Å²) in [5.41, 5.74) is -1.54. The number of sulfone groups is 1. The molecular formula is C18H15F5O5S. The molecule has 0 radical (unpaired) electrons. The lowest BCUT2D eigenvalue weighted by Crippen LogP contribution is -2.09. The summed E-state index contributed by atoms with van der Waals surface area (Å²) in [6.45, 7) is 0. The Hall–Kier alpha value is -2.82. The molecule has 0 heterocycles. The van der Waals surface area contributed by atoms with Gasteiger partial charge in [-0.25, -0.2) is 26.0 Å². The van der Waals surface area contributed by atoms with E-state index in [4.69, 9.17) is 14.2 Å². The molecule has 0 aliphatic rings. The molecule has 0 saturated carbocycles. The average Bonchev–Trinajstić information content (AvgIpc) is 2.70. The van der Waals surface area contributed by atoms with Gasteiger partial charge in [-0.1, -0.05) is 0 Å². The third-order valence-corrected chi connectivity index (χ3v) is 5.26. The molecule has 2 aromatic rings. The summed E-state index contributed by atoms with van der Waals surface area (Å²) >= 11 is 0. The van der Waals surface area contributed by atoms with E-state index in [0.29, 0.717) is 12.1 Å². The molecule has 0 amide bonds. The quantitative estimate of drug-likeness (QED) is 0.476. The van der Waals surface area contributed by atoms with Crippen LogP contribution in [0.15, 0.2) is 29.4 Å². The van der Waals surface area contributed by atoms with E-state index in [-0.39, 0.29) is 22.8 Å². The summed E-state index contributed by atoms with van der Waals surface area (Å²) < 4.78 is 108. The fourth-order valence-electron chi connectivity index (χ4n) is 2.41. The van der Waals surface area contributed by atoms with Gasteiger partial charge in [0.15, 0.2) is 23.3 Å². The van der Waals surface area contributed by atoms with Crippen molar-refractivity contribution in [1.29, 1.82) is 0 Å². The molecule has 0 N–H and O–H groups in total. The molecule has 11 heteroatoms. The summed E-state index contributed by atoms with van der Waals surface area (Å²) in [7, 11) is -1.29. The predicted octanol–water partition coefficient (Wildman–Crippen LogP) is 4.31. The first kappa shape index (κ1) is 22.5. The molecule has 0 unspecified atom stereocenters. The lowest BCUT2D eigenvalue weighted by Gasteiger charge is -2.15. The van der Waals surface area contributed by atoms with Gasteiger partial charge in [0, 0.05) is 12.1 Å². The van der Waals surface area contributed by atoms with Gasteiger partial charge in [0.2, 0.25) is 9.84 Å². The van der Waals surface area contributed by atoms with E-state index in [2.05, 4.69) is 0 Å². The first-order valence-corrected chi connectivity index (χ1v) is 9.43. The second-order valence-corrected chi connectivity index (χ2v) is 7.46. The number of hydrogen-bond acceptors (Lipinski definition) is 5. The van der Waals surface area contributed by atoms with Crippen molar-refractivity contribution in [3.63, 3.8) is 0 Å². The molecule has 0 atom stereocenters. The third-order valence-electron chi connectivity index (χ3n) is 3.87. The van der Waals surface area contributed by atoms with Gasteiger partial charge in [0.1, 0.15) is 17.2 Å². The molecule has 0 fully saturated rings. The predicted molar refractivity (Wildman–Crippen MR) is 94.2 cm³/mol. The number of ether oxygens (including phenoxy) is 3.